The van der Waals surface area contributed by atoms with Crippen molar-refractivity contribution in [2.24, 2.45) is 0 Å². The quantitative estimate of drug-likeness (QED) is 0.697. The van der Waals surface area contributed by atoms with Crippen LogP contribution < -0.4 is 0 Å². The van der Waals surface area contributed by atoms with Crippen LogP contribution in [0.4, 0.5) is 0 Å². The highest BCUT2D eigenvalue weighted by Crippen LogP contribution is 2.23. The van der Waals surface area contributed by atoms with Crippen LogP contribution in [0.5, 0.6) is 0 Å². The Hall–Kier alpha value is -2.93. The van der Waals surface area contributed by atoms with Crippen molar-refractivity contribution in [1.82, 2.24) is 9.97 Å². The molecule has 0 aliphatic carbocycles. The summed E-state index contributed by atoms with van der Waals surface area (Å²) < 4.78 is 5.42. The molecule has 0 N–H and O–H groups in total. The first-order valence-electron chi connectivity index (χ1n) is 5.74. The summed E-state index contributed by atoms with van der Waals surface area (Å²) >= 11 is 0. The molecule has 0 aliphatic rings. The molecule has 2 aromatic heterocycles. The van der Waals surface area contributed by atoms with Crippen LogP contribution in [0.25, 0.3) is 22.8 Å². The van der Waals surface area contributed by atoms with E-state index in [2.05, 4.69) is 16.0 Å². The summed E-state index contributed by atoms with van der Waals surface area (Å²) in [5.74, 6) is 0.470. The lowest BCUT2D eigenvalue weighted by Crippen LogP contribution is -1.83. The summed E-state index contributed by atoms with van der Waals surface area (Å²) in [6.45, 7) is 0. The maximum absolute atomic E-state index is 8.89. The lowest BCUT2D eigenvalue weighted by atomic mass is 10.1. The Morgan fingerprint density at radius 1 is 1.05 bits per heavy atom. The molecular formula is C15H9N3O. The van der Waals surface area contributed by atoms with Crippen molar-refractivity contribution in [3.8, 4) is 28.9 Å². The molecule has 4 heteroatoms. The van der Waals surface area contributed by atoms with Gasteiger partial charge in [-0.1, -0.05) is 18.2 Å². The molecule has 3 aromatic rings. The van der Waals surface area contributed by atoms with Crippen molar-refractivity contribution in [2.45, 2.75) is 0 Å². The standard InChI is InChI=1S/C15H9N3O/c16-9-11-4-3-5-12(8-11)14-10-19-15(18-14)13-6-1-2-7-17-13/h1-8,10H. The summed E-state index contributed by atoms with van der Waals surface area (Å²) in [6, 6.07) is 14.9. The SMILES string of the molecule is N#Cc1cccc(-c2coc(-c3ccccn3)n2)c1. The molecule has 0 fully saturated rings. The van der Waals surface area contributed by atoms with E-state index < -0.39 is 0 Å². The van der Waals surface area contributed by atoms with Gasteiger partial charge in [-0.25, -0.2) is 4.98 Å². The van der Waals surface area contributed by atoms with Crippen LogP contribution >= 0.6 is 0 Å². The largest absolute Gasteiger partial charge is 0.443 e. The van der Waals surface area contributed by atoms with Crippen LogP contribution in [0.1, 0.15) is 5.56 Å². The molecule has 19 heavy (non-hydrogen) atoms. The molecule has 0 atom stereocenters. The highest BCUT2D eigenvalue weighted by molar-refractivity contribution is 5.63. The average Bonchev–Trinajstić information content (AvgIpc) is 2.98. The average molecular weight is 247 g/mol. The van der Waals surface area contributed by atoms with Gasteiger partial charge in [0.05, 0.1) is 11.6 Å². The van der Waals surface area contributed by atoms with Crippen molar-refractivity contribution in [3.05, 3.63) is 60.5 Å². The third-order valence-electron chi connectivity index (χ3n) is 2.68. The molecule has 0 amide bonds. The summed E-state index contributed by atoms with van der Waals surface area (Å²) in [6.07, 6.45) is 3.26. The van der Waals surface area contributed by atoms with E-state index in [1.165, 1.54) is 0 Å². The zero-order valence-electron chi connectivity index (χ0n) is 9.95. The van der Waals surface area contributed by atoms with Crippen LogP contribution in [-0.4, -0.2) is 9.97 Å². The molecule has 3 rings (SSSR count). The summed E-state index contributed by atoms with van der Waals surface area (Å²) in [7, 11) is 0. The maximum Gasteiger partial charge on any atom is 0.245 e. The van der Waals surface area contributed by atoms with Gasteiger partial charge in [0.15, 0.2) is 0 Å². The highest BCUT2D eigenvalue weighted by atomic mass is 16.3. The second-order valence-corrected chi connectivity index (χ2v) is 3.95. The fourth-order valence-electron chi connectivity index (χ4n) is 1.76. The van der Waals surface area contributed by atoms with Gasteiger partial charge >= 0.3 is 0 Å². The molecule has 0 radical (unpaired) electrons. The van der Waals surface area contributed by atoms with E-state index in [0.717, 1.165) is 5.56 Å². The first-order chi connectivity index (χ1) is 9.36. The third-order valence-corrected chi connectivity index (χ3v) is 2.68. The lowest BCUT2D eigenvalue weighted by Gasteiger charge is -1.95. The molecule has 4 nitrogen and oxygen atoms in total. The minimum atomic E-state index is 0.470. The number of nitriles is 1. The monoisotopic (exact) mass is 247 g/mol. The van der Waals surface area contributed by atoms with Gasteiger partial charge in [-0.05, 0) is 24.3 Å². The first-order valence-corrected chi connectivity index (χ1v) is 5.74. The van der Waals surface area contributed by atoms with Gasteiger partial charge in [-0.3, -0.25) is 4.98 Å². The Labute approximate surface area is 110 Å². The molecule has 0 spiro atoms. The van der Waals surface area contributed by atoms with Gasteiger partial charge in [-0.15, -0.1) is 0 Å². The summed E-state index contributed by atoms with van der Waals surface area (Å²) in [5, 5.41) is 8.89. The Bertz CT molecular complexity index is 741. The van der Waals surface area contributed by atoms with Gasteiger partial charge in [-0.2, -0.15) is 5.26 Å². The number of aromatic nitrogens is 2. The van der Waals surface area contributed by atoms with Crippen molar-refractivity contribution < 1.29 is 4.42 Å². The Morgan fingerprint density at radius 2 is 2.00 bits per heavy atom. The zero-order chi connectivity index (χ0) is 13.1. The summed E-state index contributed by atoms with van der Waals surface area (Å²) in [5.41, 5.74) is 2.83. The number of hydrogen-bond donors (Lipinski definition) is 0. The van der Waals surface area contributed by atoms with Crippen molar-refractivity contribution >= 4 is 0 Å². The number of pyridine rings is 1. The summed E-state index contributed by atoms with van der Waals surface area (Å²) in [4.78, 5) is 8.57. The molecule has 0 bridgehead atoms. The van der Waals surface area contributed by atoms with Crippen LogP contribution in [0.3, 0.4) is 0 Å². The molecule has 0 saturated heterocycles. The van der Waals surface area contributed by atoms with Crippen molar-refractivity contribution in [1.29, 1.82) is 5.26 Å². The molecule has 0 saturated carbocycles. The van der Waals surface area contributed by atoms with E-state index in [1.807, 2.05) is 30.3 Å². The van der Waals surface area contributed by atoms with Crippen LogP contribution in [0.15, 0.2) is 59.3 Å². The van der Waals surface area contributed by atoms with Gasteiger partial charge in [0.2, 0.25) is 5.89 Å². The highest BCUT2D eigenvalue weighted by Gasteiger charge is 2.09. The second-order valence-electron chi connectivity index (χ2n) is 3.95. The van der Waals surface area contributed by atoms with Crippen molar-refractivity contribution in [3.63, 3.8) is 0 Å². The molecule has 1 aromatic carbocycles. The van der Waals surface area contributed by atoms with Gasteiger partial charge in [0.1, 0.15) is 17.7 Å². The van der Waals surface area contributed by atoms with Gasteiger partial charge < -0.3 is 4.42 Å². The predicted molar refractivity (Wildman–Crippen MR) is 69.9 cm³/mol. The number of benzene rings is 1. The van der Waals surface area contributed by atoms with E-state index >= 15 is 0 Å². The predicted octanol–water partition coefficient (Wildman–Crippen LogP) is 3.28. The number of oxazole rings is 1. The lowest BCUT2D eigenvalue weighted by molar-refractivity contribution is 0.572. The van der Waals surface area contributed by atoms with E-state index in [1.54, 1.807) is 24.6 Å². The minimum absolute atomic E-state index is 0.470. The third kappa shape index (κ3) is 2.22. The van der Waals surface area contributed by atoms with E-state index in [0.29, 0.717) is 22.8 Å². The van der Waals surface area contributed by atoms with Crippen LogP contribution in [0.2, 0.25) is 0 Å². The molecule has 90 valence electrons. The minimum Gasteiger partial charge on any atom is -0.443 e. The number of hydrogen-bond acceptors (Lipinski definition) is 4. The molecule has 0 unspecified atom stereocenters. The topological polar surface area (TPSA) is 62.7 Å². The number of rotatable bonds is 2. The Morgan fingerprint density at radius 3 is 2.79 bits per heavy atom. The molecule has 0 aliphatic heterocycles. The molecular weight excluding hydrogens is 238 g/mol. The maximum atomic E-state index is 8.89. The zero-order valence-corrected chi connectivity index (χ0v) is 9.95. The first kappa shape index (κ1) is 11.2. The molecule has 2 heterocycles. The van der Waals surface area contributed by atoms with Gasteiger partial charge in [0, 0.05) is 11.8 Å². The Balaban J connectivity index is 2.00. The van der Waals surface area contributed by atoms with Crippen molar-refractivity contribution in [2.75, 3.05) is 0 Å². The van der Waals surface area contributed by atoms with E-state index in [4.69, 9.17) is 9.68 Å². The fraction of sp³-hybridized carbons (Fsp3) is 0. The van der Waals surface area contributed by atoms with Gasteiger partial charge in [0.25, 0.3) is 0 Å². The van der Waals surface area contributed by atoms with Crippen LogP contribution in [0, 0.1) is 11.3 Å². The van der Waals surface area contributed by atoms with E-state index in [9.17, 15) is 0 Å². The normalized spacial score (nSPS) is 10.1. The number of nitrogens with zero attached hydrogens (tertiary/aromatic N) is 3. The smallest absolute Gasteiger partial charge is 0.245 e. The van der Waals surface area contributed by atoms with E-state index in [-0.39, 0.29) is 0 Å². The van der Waals surface area contributed by atoms with Crippen LogP contribution in [-0.2, 0) is 0 Å². The fourth-order valence-corrected chi connectivity index (χ4v) is 1.76. The second kappa shape index (κ2) is 4.75. The Kier molecular flexibility index (Phi) is 2.79.